The van der Waals surface area contributed by atoms with E-state index in [1.807, 2.05) is 0 Å². The molecule has 2 aromatic heterocycles. The second-order valence-electron chi connectivity index (χ2n) is 9.04. The van der Waals surface area contributed by atoms with Gasteiger partial charge in [0.05, 0.1) is 19.5 Å². The highest BCUT2D eigenvalue weighted by Gasteiger charge is 2.73. The minimum absolute atomic E-state index is 0.00435. The number of fused-ring (bicyclic) bond motifs is 1. The first-order chi connectivity index (χ1) is 19.7. The summed E-state index contributed by atoms with van der Waals surface area (Å²) in [5, 5.41) is 15.6. The van der Waals surface area contributed by atoms with Crippen LogP contribution in [-0.2, 0) is 23.4 Å². The fraction of sp³-hybridized carbons (Fsp3) is 0.478. The Morgan fingerprint density at radius 1 is 1.31 bits per heavy atom. The van der Waals surface area contributed by atoms with E-state index in [9.17, 15) is 27.6 Å². The predicted molar refractivity (Wildman–Crippen MR) is 139 cm³/mol. The maximum atomic E-state index is 16.0. The summed E-state index contributed by atoms with van der Waals surface area (Å²) in [5.41, 5.74) is 0.878. The van der Waals surface area contributed by atoms with E-state index in [0.717, 1.165) is 6.33 Å². The lowest BCUT2D eigenvalue weighted by molar-refractivity contribution is -0.273. The average Bonchev–Trinajstić information content (AvgIpc) is 3.46. The van der Waals surface area contributed by atoms with Crippen molar-refractivity contribution in [3.63, 3.8) is 0 Å². The molecule has 1 aromatic carbocycles. The molecule has 0 spiro atoms. The van der Waals surface area contributed by atoms with Crippen LogP contribution in [0.2, 0.25) is 0 Å². The van der Waals surface area contributed by atoms with Gasteiger partial charge in [-0.3, -0.25) is 13.9 Å². The normalized spacial score (nSPS) is 24.7. The van der Waals surface area contributed by atoms with Crippen molar-refractivity contribution in [3.8, 4) is 5.75 Å². The Morgan fingerprint density at radius 3 is 2.62 bits per heavy atom. The standard InChI is InChI=1S/C23H28F4N7O7P/c1-4-38-19(36)12(2)33-42(37,41-13-8-6-5-7-9-13)39-10-14-16(35)22(24,23(25,26)27)20(40-14)34-11-30-15-17(29-3)31-21(28)32-18(15)34/h5-9,11-12,14,16,20,35H,4,10H2,1-3H3,(H,33,37)(H3,28,29,31,32)/t12-,14+,16+,20+,22+,42-/m0/s1. The number of aliphatic hydroxyl groups excluding tert-OH is 1. The second kappa shape index (κ2) is 12.0. The van der Waals surface area contributed by atoms with Gasteiger partial charge in [-0.1, -0.05) is 18.2 Å². The molecule has 1 aliphatic rings. The summed E-state index contributed by atoms with van der Waals surface area (Å²) in [6.45, 7) is 1.76. The smallest absolute Gasteiger partial charge is 0.459 e. The number of nitrogens with zero attached hydrogens (tertiary/aromatic N) is 4. The Hall–Kier alpha value is -3.57. The molecule has 1 saturated heterocycles. The minimum Gasteiger partial charge on any atom is -0.465 e. The Balaban J connectivity index is 1.66. The molecule has 0 amide bonds. The average molecular weight is 621 g/mol. The summed E-state index contributed by atoms with van der Waals surface area (Å²) >= 11 is 0. The third kappa shape index (κ3) is 5.98. The molecule has 19 heteroatoms. The molecule has 4 rings (SSSR count). The molecule has 230 valence electrons. The summed E-state index contributed by atoms with van der Waals surface area (Å²) in [7, 11) is -3.13. The lowest BCUT2D eigenvalue weighted by Crippen LogP contribution is -2.54. The monoisotopic (exact) mass is 621 g/mol. The van der Waals surface area contributed by atoms with Gasteiger partial charge < -0.3 is 30.2 Å². The van der Waals surface area contributed by atoms with Gasteiger partial charge in [0, 0.05) is 7.05 Å². The van der Waals surface area contributed by atoms with Crippen molar-refractivity contribution < 1.29 is 50.5 Å². The van der Waals surface area contributed by atoms with E-state index in [2.05, 4.69) is 25.4 Å². The van der Waals surface area contributed by atoms with Crippen LogP contribution in [0, 0.1) is 0 Å². The molecule has 0 aliphatic carbocycles. The molecule has 0 saturated carbocycles. The van der Waals surface area contributed by atoms with Crippen molar-refractivity contribution in [3.05, 3.63) is 36.7 Å². The first-order valence-corrected chi connectivity index (χ1v) is 14.0. The molecule has 0 radical (unpaired) electrons. The molecule has 6 atom stereocenters. The molecule has 0 unspecified atom stereocenters. The fourth-order valence-corrected chi connectivity index (χ4v) is 5.68. The lowest BCUT2D eigenvalue weighted by atomic mass is 9.95. The quantitative estimate of drug-likeness (QED) is 0.139. The van der Waals surface area contributed by atoms with Gasteiger partial charge in [-0.15, -0.1) is 0 Å². The van der Waals surface area contributed by atoms with Gasteiger partial charge in [0.1, 0.15) is 24.0 Å². The number of esters is 1. The van der Waals surface area contributed by atoms with E-state index in [0.29, 0.717) is 4.57 Å². The van der Waals surface area contributed by atoms with Crippen LogP contribution in [0.5, 0.6) is 5.75 Å². The summed E-state index contributed by atoms with van der Waals surface area (Å²) in [6.07, 6.45) is -12.3. The van der Waals surface area contributed by atoms with Crippen molar-refractivity contribution in [2.45, 2.75) is 50.2 Å². The number of halogens is 4. The number of carbonyl (C=O) groups is 1. The zero-order valence-corrected chi connectivity index (χ0v) is 23.3. The van der Waals surface area contributed by atoms with E-state index in [-0.39, 0.29) is 35.3 Å². The van der Waals surface area contributed by atoms with E-state index < -0.39 is 56.6 Å². The maximum absolute atomic E-state index is 16.0. The molecular formula is C23H28F4N7O7P. The first-order valence-electron chi connectivity index (χ1n) is 12.4. The van der Waals surface area contributed by atoms with Crippen LogP contribution < -0.4 is 20.7 Å². The SMILES string of the molecule is CCOC(=O)[C@H](C)N[P@](=O)(OC[C@H]1O[C@@H](n2cnc3c(NC)nc(N)nc32)[C@@](F)(C(F)(F)F)[C@@H]1O)Oc1ccccc1. The van der Waals surface area contributed by atoms with Crippen molar-refractivity contribution >= 4 is 36.6 Å². The number of para-hydroxylation sites is 1. The second-order valence-corrected chi connectivity index (χ2v) is 10.7. The molecule has 5 N–H and O–H groups in total. The molecule has 0 bridgehead atoms. The minimum atomic E-state index is -5.67. The molecule has 1 aliphatic heterocycles. The number of imidazole rings is 1. The van der Waals surface area contributed by atoms with E-state index >= 15 is 4.39 Å². The third-order valence-electron chi connectivity index (χ3n) is 6.18. The van der Waals surface area contributed by atoms with Crippen molar-refractivity contribution in [1.82, 2.24) is 24.6 Å². The van der Waals surface area contributed by atoms with Crippen LogP contribution in [0.1, 0.15) is 20.1 Å². The number of hydrogen-bond donors (Lipinski definition) is 4. The number of carbonyl (C=O) groups excluding carboxylic acids is 1. The van der Waals surface area contributed by atoms with Gasteiger partial charge in [0.25, 0.3) is 5.67 Å². The van der Waals surface area contributed by atoms with Gasteiger partial charge in [0.2, 0.25) is 5.95 Å². The van der Waals surface area contributed by atoms with Crippen molar-refractivity contribution in [2.75, 3.05) is 31.3 Å². The van der Waals surface area contributed by atoms with Crippen LogP contribution >= 0.6 is 7.75 Å². The Kier molecular flexibility index (Phi) is 8.94. The summed E-state index contributed by atoms with van der Waals surface area (Å²) < 4.78 is 93.9. The van der Waals surface area contributed by atoms with E-state index in [4.69, 9.17) is 24.3 Å². The topological polar surface area (TPSA) is 185 Å². The van der Waals surface area contributed by atoms with Gasteiger partial charge >= 0.3 is 19.9 Å². The van der Waals surface area contributed by atoms with Crippen LogP contribution in [0.3, 0.4) is 0 Å². The maximum Gasteiger partial charge on any atom is 0.459 e. The van der Waals surface area contributed by atoms with Gasteiger partial charge in [-0.05, 0) is 26.0 Å². The van der Waals surface area contributed by atoms with E-state index in [1.54, 1.807) is 13.0 Å². The zero-order chi connectivity index (χ0) is 30.9. The predicted octanol–water partition coefficient (Wildman–Crippen LogP) is 2.72. The Morgan fingerprint density at radius 2 is 2.00 bits per heavy atom. The number of anilines is 2. The third-order valence-corrected chi connectivity index (χ3v) is 7.82. The van der Waals surface area contributed by atoms with Crippen LogP contribution in [-0.4, -0.2) is 81.0 Å². The fourth-order valence-electron chi connectivity index (χ4n) is 4.18. The number of ether oxygens (including phenoxy) is 2. The number of aliphatic hydroxyl groups is 1. The highest BCUT2D eigenvalue weighted by molar-refractivity contribution is 7.52. The van der Waals surface area contributed by atoms with Gasteiger partial charge in [-0.2, -0.15) is 28.2 Å². The number of nitrogens with two attached hydrogens (primary N) is 1. The molecule has 3 aromatic rings. The summed E-state index contributed by atoms with van der Waals surface area (Å²) in [6, 6.07) is 6.24. The number of hydrogen-bond acceptors (Lipinski definition) is 12. The highest BCUT2D eigenvalue weighted by atomic mass is 31.2. The van der Waals surface area contributed by atoms with Crippen LogP contribution in [0.4, 0.5) is 29.3 Å². The summed E-state index contributed by atoms with van der Waals surface area (Å²) in [4.78, 5) is 23.8. The molecule has 3 heterocycles. The Bertz CT molecular complexity index is 1460. The molecule has 1 fully saturated rings. The van der Waals surface area contributed by atoms with E-state index in [1.165, 1.54) is 38.2 Å². The van der Waals surface area contributed by atoms with Gasteiger partial charge in [0.15, 0.2) is 23.2 Å². The first kappa shape index (κ1) is 31.4. The number of benzene rings is 1. The Labute approximate surface area is 236 Å². The molecule has 14 nitrogen and oxygen atoms in total. The number of aromatic nitrogens is 4. The number of nitrogen functional groups attached to an aromatic ring is 1. The van der Waals surface area contributed by atoms with Crippen LogP contribution in [0.25, 0.3) is 11.2 Å². The van der Waals surface area contributed by atoms with Crippen LogP contribution in [0.15, 0.2) is 36.7 Å². The summed E-state index contributed by atoms with van der Waals surface area (Å²) in [5.74, 6) is -1.13. The number of rotatable bonds is 11. The largest absolute Gasteiger partial charge is 0.465 e. The molecular weight excluding hydrogens is 593 g/mol. The lowest BCUT2D eigenvalue weighted by Gasteiger charge is -2.31. The van der Waals surface area contributed by atoms with Crippen molar-refractivity contribution in [2.24, 2.45) is 0 Å². The zero-order valence-electron chi connectivity index (χ0n) is 22.4. The number of alkyl halides is 4. The van der Waals surface area contributed by atoms with Gasteiger partial charge in [-0.25, -0.2) is 13.9 Å². The molecule has 42 heavy (non-hydrogen) atoms. The number of nitrogens with one attached hydrogen (secondary N) is 2. The highest BCUT2D eigenvalue weighted by Crippen LogP contribution is 2.53. The van der Waals surface area contributed by atoms with Crippen molar-refractivity contribution in [1.29, 1.82) is 0 Å².